The van der Waals surface area contributed by atoms with Crippen molar-refractivity contribution in [1.82, 2.24) is 15.6 Å². The molecule has 2 rings (SSSR count). The predicted octanol–water partition coefficient (Wildman–Crippen LogP) is 1.71. The van der Waals surface area contributed by atoms with E-state index in [1.165, 1.54) is 6.08 Å². The first-order chi connectivity index (χ1) is 8.75. The number of nitrogens with one attached hydrogen (secondary N) is 1. The Kier molecular flexibility index (Phi) is 3.86. The van der Waals surface area contributed by atoms with E-state index in [2.05, 4.69) is 20.3 Å². The Morgan fingerprint density at radius 2 is 2.11 bits per heavy atom. The molecule has 0 atom stereocenters. The molecule has 0 bridgehead atoms. The maximum atomic E-state index is 11.5. The van der Waals surface area contributed by atoms with Gasteiger partial charge in [0, 0.05) is 6.08 Å². The SMILES string of the molecule is Cc1nonc1CNC(=O)C=Cc1ccccc1. The van der Waals surface area contributed by atoms with Gasteiger partial charge in [0.25, 0.3) is 0 Å². The minimum absolute atomic E-state index is 0.179. The molecule has 1 N–H and O–H groups in total. The molecule has 18 heavy (non-hydrogen) atoms. The number of hydrogen-bond acceptors (Lipinski definition) is 4. The van der Waals surface area contributed by atoms with Gasteiger partial charge in [-0.2, -0.15) is 0 Å². The third-order valence-corrected chi connectivity index (χ3v) is 2.40. The monoisotopic (exact) mass is 243 g/mol. The Labute approximate surface area is 104 Å². The molecule has 0 aliphatic rings. The Balaban J connectivity index is 1.86. The lowest BCUT2D eigenvalue weighted by Gasteiger charge is -1.98. The Morgan fingerprint density at radius 1 is 1.33 bits per heavy atom. The number of carbonyl (C=O) groups is 1. The maximum Gasteiger partial charge on any atom is 0.244 e. The predicted molar refractivity (Wildman–Crippen MR) is 66.4 cm³/mol. The Morgan fingerprint density at radius 3 is 2.78 bits per heavy atom. The molecule has 5 heteroatoms. The van der Waals surface area contributed by atoms with Gasteiger partial charge in [0.1, 0.15) is 11.4 Å². The van der Waals surface area contributed by atoms with Crippen LogP contribution >= 0.6 is 0 Å². The van der Waals surface area contributed by atoms with Gasteiger partial charge in [-0.15, -0.1) is 0 Å². The first-order valence-corrected chi connectivity index (χ1v) is 5.54. The van der Waals surface area contributed by atoms with Crippen molar-refractivity contribution in [2.24, 2.45) is 0 Å². The third kappa shape index (κ3) is 3.28. The largest absolute Gasteiger partial charge is 0.347 e. The number of benzene rings is 1. The first kappa shape index (κ1) is 12.0. The summed E-state index contributed by atoms with van der Waals surface area (Å²) in [6, 6.07) is 9.62. The summed E-state index contributed by atoms with van der Waals surface area (Å²) in [4.78, 5) is 11.5. The van der Waals surface area contributed by atoms with Crippen LogP contribution < -0.4 is 5.32 Å². The molecule has 2 aromatic rings. The molecule has 0 aliphatic heterocycles. The third-order valence-electron chi connectivity index (χ3n) is 2.40. The van der Waals surface area contributed by atoms with Crippen LogP contribution in [0.4, 0.5) is 0 Å². The minimum Gasteiger partial charge on any atom is -0.347 e. The fraction of sp³-hybridized carbons (Fsp3) is 0.154. The molecule has 0 aliphatic carbocycles. The average Bonchev–Trinajstić information content (AvgIpc) is 2.81. The van der Waals surface area contributed by atoms with E-state index in [-0.39, 0.29) is 5.91 Å². The van der Waals surface area contributed by atoms with E-state index >= 15 is 0 Å². The first-order valence-electron chi connectivity index (χ1n) is 5.54. The average molecular weight is 243 g/mol. The number of carbonyl (C=O) groups excluding carboxylic acids is 1. The van der Waals surface area contributed by atoms with E-state index in [0.29, 0.717) is 17.9 Å². The molecule has 0 unspecified atom stereocenters. The van der Waals surface area contributed by atoms with E-state index in [9.17, 15) is 4.79 Å². The number of aromatic nitrogens is 2. The lowest BCUT2D eigenvalue weighted by molar-refractivity contribution is -0.116. The fourth-order valence-corrected chi connectivity index (χ4v) is 1.38. The highest BCUT2D eigenvalue weighted by Crippen LogP contribution is 2.01. The molecule has 0 saturated heterocycles. The quantitative estimate of drug-likeness (QED) is 0.830. The molecule has 1 heterocycles. The summed E-state index contributed by atoms with van der Waals surface area (Å²) in [5.41, 5.74) is 2.30. The zero-order valence-electron chi connectivity index (χ0n) is 9.96. The second kappa shape index (κ2) is 5.77. The highest BCUT2D eigenvalue weighted by atomic mass is 16.6. The summed E-state index contributed by atoms with van der Waals surface area (Å²) in [6.45, 7) is 2.09. The van der Waals surface area contributed by atoms with Gasteiger partial charge in [0.2, 0.25) is 5.91 Å². The van der Waals surface area contributed by atoms with Crippen molar-refractivity contribution in [2.45, 2.75) is 13.5 Å². The van der Waals surface area contributed by atoms with Crippen LogP contribution in [-0.4, -0.2) is 16.2 Å². The van der Waals surface area contributed by atoms with E-state index in [4.69, 9.17) is 0 Å². The van der Waals surface area contributed by atoms with Gasteiger partial charge in [-0.05, 0) is 18.6 Å². The normalized spacial score (nSPS) is 10.7. The van der Waals surface area contributed by atoms with Gasteiger partial charge < -0.3 is 5.32 Å². The Hall–Kier alpha value is -2.43. The number of nitrogens with zero attached hydrogens (tertiary/aromatic N) is 2. The fourth-order valence-electron chi connectivity index (χ4n) is 1.38. The number of hydrogen-bond donors (Lipinski definition) is 1. The van der Waals surface area contributed by atoms with Gasteiger partial charge in [-0.1, -0.05) is 40.6 Å². The zero-order chi connectivity index (χ0) is 12.8. The van der Waals surface area contributed by atoms with E-state index < -0.39 is 0 Å². The number of amides is 1. The highest BCUT2D eigenvalue weighted by molar-refractivity contribution is 5.91. The molecule has 0 saturated carbocycles. The zero-order valence-corrected chi connectivity index (χ0v) is 9.96. The molecule has 92 valence electrons. The molecule has 0 spiro atoms. The van der Waals surface area contributed by atoms with Crippen LogP contribution in [-0.2, 0) is 11.3 Å². The summed E-state index contributed by atoms with van der Waals surface area (Å²) in [6.07, 6.45) is 3.24. The molecule has 5 nitrogen and oxygen atoms in total. The van der Waals surface area contributed by atoms with Crippen molar-refractivity contribution in [1.29, 1.82) is 0 Å². The van der Waals surface area contributed by atoms with Crippen LogP contribution in [0.5, 0.6) is 0 Å². The summed E-state index contributed by atoms with van der Waals surface area (Å²) >= 11 is 0. The molecule has 1 amide bonds. The van der Waals surface area contributed by atoms with Crippen LogP contribution in [0.15, 0.2) is 41.0 Å². The standard InChI is InChI=1S/C13H13N3O2/c1-10-12(16-18-15-10)9-14-13(17)8-7-11-5-3-2-4-6-11/h2-8H,9H2,1H3,(H,14,17). The number of rotatable bonds is 4. The minimum atomic E-state index is -0.179. The van der Waals surface area contributed by atoms with Crippen molar-refractivity contribution >= 4 is 12.0 Å². The summed E-state index contributed by atoms with van der Waals surface area (Å²) in [5.74, 6) is -0.179. The van der Waals surface area contributed by atoms with Crippen molar-refractivity contribution in [3.63, 3.8) is 0 Å². The molecule has 0 fully saturated rings. The van der Waals surface area contributed by atoms with E-state index in [1.807, 2.05) is 30.3 Å². The van der Waals surface area contributed by atoms with Crippen molar-refractivity contribution in [2.75, 3.05) is 0 Å². The van der Waals surface area contributed by atoms with Crippen LogP contribution in [0.1, 0.15) is 17.0 Å². The lowest BCUT2D eigenvalue weighted by Crippen LogP contribution is -2.20. The second-order valence-electron chi connectivity index (χ2n) is 3.76. The smallest absolute Gasteiger partial charge is 0.244 e. The molecule has 0 radical (unpaired) electrons. The van der Waals surface area contributed by atoms with Gasteiger partial charge >= 0.3 is 0 Å². The molecule has 1 aromatic heterocycles. The van der Waals surface area contributed by atoms with Gasteiger partial charge in [0.15, 0.2) is 0 Å². The summed E-state index contributed by atoms with van der Waals surface area (Å²) < 4.78 is 4.54. The van der Waals surface area contributed by atoms with Crippen molar-refractivity contribution < 1.29 is 9.42 Å². The van der Waals surface area contributed by atoms with Gasteiger partial charge in [-0.3, -0.25) is 4.79 Å². The van der Waals surface area contributed by atoms with Gasteiger partial charge in [0.05, 0.1) is 6.54 Å². The van der Waals surface area contributed by atoms with E-state index in [0.717, 1.165) is 5.56 Å². The van der Waals surface area contributed by atoms with Crippen LogP contribution in [0.3, 0.4) is 0 Å². The summed E-state index contributed by atoms with van der Waals surface area (Å²) in [7, 11) is 0. The second-order valence-corrected chi connectivity index (χ2v) is 3.76. The van der Waals surface area contributed by atoms with E-state index in [1.54, 1.807) is 13.0 Å². The van der Waals surface area contributed by atoms with Crippen molar-refractivity contribution in [3.05, 3.63) is 53.4 Å². The van der Waals surface area contributed by atoms with Crippen LogP contribution in [0, 0.1) is 6.92 Å². The highest BCUT2D eigenvalue weighted by Gasteiger charge is 2.05. The topological polar surface area (TPSA) is 68.0 Å². The molecular weight excluding hydrogens is 230 g/mol. The van der Waals surface area contributed by atoms with Gasteiger partial charge in [-0.25, -0.2) is 4.63 Å². The maximum absolute atomic E-state index is 11.5. The number of aryl methyl sites for hydroxylation is 1. The molecule has 1 aromatic carbocycles. The lowest BCUT2D eigenvalue weighted by atomic mass is 10.2. The molecular formula is C13H13N3O2. The van der Waals surface area contributed by atoms with Crippen LogP contribution in [0.25, 0.3) is 6.08 Å². The van der Waals surface area contributed by atoms with Crippen LogP contribution in [0.2, 0.25) is 0 Å². The summed E-state index contributed by atoms with van der Waals surface area (Å²) in [5, 5.41) is 10.0. The Bertz CT molecular complexity index is 546. The van der Waals surface area contributed by atoms with Crippen molar-refractivity contribution in [3.8, 4) is 0 Å².